The number of hydrogen-bond acceptors (Lipinski definition) is 5. The average molecular weight is 269 g/mol. The lowest BCUT2D eigenvalue weighted by Gasteiger charge is -2.14. The third-order valence-electron chi connectivity index (χ3n) is 2.79. The van der Waals surface area contributed by atoms with Crippen molar-refractivity contribution >= 4 is 17.7 Å². The smallest absolute Gasteiger partial charge is 0.321 e. The number of ether oxygens (including phenoxy) is 2. The summed E-state index contributed by atoms with van der Waals surface area (Å²) in [4.78, 5) is 10.9. The quantitative estimate of drug-likeness (QED) is 0.863. The van der Waals surface area contributed by atoms with Crippen molar-refractivity contribution in [3.63, 3.8) is 0 Å². The minimum Gasteiger partial charge on any atom is -0.493 e. The number of carboxylic acids is 1. The molecule has 2 atom stereocenters. The van der Waals surface area contributed by atoms with Gasteiger partial charge in [0.05, 0.1) is 19.6 Å². The van der Waals surface area contributed by atoms with E-state index in [4.69, 9.17) is 14.6 Å². The normalized spacial score (nSPS) is 22.8. The first-order valence-electron chi connectivity index (χ1n) is 5.48. The molecule has 0 bridgehead atoms. The number of nitrogens with one attached hydrogen (secondary N) is 1. The third kappa shape index (κ3) is 2.54. The Morgan fingerprint density at radius 2 is 2.11 bits per heavy atom. The molecule has 98 valence electrons. The van der Waals surface area contributed by atoms with E-state index in [1.807, 2.05) is 18.2 Å². The number of carbonyl (C=O) groups is 1. The molecule has 1 aliphatic rings. The predicted molar refractivity (Wildman–Crippen MR) is 69.3 cm³/mol. The Kier molecular flexibility index (Phi) is 3.98. The van der Waals surface area contributed by atoms with Gasteiger partial charge in [-0.1, -0.05) is 6.07 Å². The van der Waals surface area contributed by atoms with E-state index in [1.165, 1.54) is 0 Å². The fourth-order valence-corrected chi connectivity index (χ4v) is 3.05. The molecule has 5 nitrogen and oxygen atoms in total. The van der Waals surface area contributed by atoms with Crippen LogP contribution in [0.3, 0.4) is 0 Å². The summed E-state index contributed by atoms with van der Waals surface area (Å²) in [5, 5.41) is 12.0. The fourth-order valence-electron chi connectivity index (χ4n) is 1.82. The van der Waals surface area contributed by atoms with Crippen molar-refractivity contribution in [2.24, 2.45) is 0 Å². The third-order valence-corrected chi connectivity index (χ3v) is 4.06. The van der Waals surface area contributed by atoms with Crippen LogP contribution in [0.2, 0.25) is 0 Å². The zero-order valence-corrected chi connectivity index (χ0v) is 11.0. The summed E-state index contributed by atoms with van der Waals surface area (Å²) in [6, 6.07) is 5.11. The Balaban J connectivity index is 2.17. The first kappa shape index (κ1) is 13.0. The zero-order valence-electron chi connectivity index (χ0n) is 10.2. The first-order chi connectivity index (χ1) is 8.65. The van der Waals surface area contributed by atoms with Gasteiger partial charge in [0.15, 0.2) is 11.5 Å². The summed E-state index contributed by atoms with van der Waals surface area (Å²) in [5.41, 5.74) is 0.987. The molecule has 0 aromatic heterocycles. The van der Waals surface area contributed by atoms with Crippen LogP contribution in [0.25, 0.3) is 0 Å². The van der Waals surface area contributed by atoms with Crippen LogP contribution in [-0.2, 0) is 4.79 Å². The van der Waals surface area contributed by atoms with Gasteiger partial charge >= 0.3 is 5.97 Å². The fraction of sp³-hybridized carbons (Fsp3) is 0.417. The van der Waals surface area contributed by atoms with E-state index in [0.717, 1.165) is 5.56 Å². The van der Waals surface area contributed by atoms with Gasteiger partial charge < -0.3 is 14.6 Å². The maximum Gasteiger partial charge on any atom is 0.321 e. The summed E-state index contributed by atoms with van der Waals surface area (Å²) in [6.07, 6.45) is 0. The molecule has 6 heteroatoms. The van der Waals surface area contributed by atoms with Crippen LogP contribution < -0.4 is 14.8 Å². The van der Waals surface area contributed by atoms with E-state index in [-0.39, 0.29) is 5.37 Å². The minimum absolute atomic E-state index is 0.0223. The van der Waals surface area contributed by atoms with Crippen molar-refractivity contribution in [3.05, 3.63) is 23.8 Å². The number of methoxy groups -OCH3 is 2. The molecule has 1 fully saturated rings. The van der Waals surface area contributed by atoms with Crippen molar-refractivity contribution in [1.82, 2.24) is 5.32 Å². The molecule has 0 aliphatic carbocycles. The molecule has 1 aromatic rings. The molecule has 18 heavy (non-hydrogen) atoms. The van der Waals surface area contributed by atoms with Gasteiger partial charge in [-0.3, -0.25) is 10.1 Å². The number of thioether (sulfide) groups is 1. The Hall–Kier alpha value is -1.40. The number of aliphatic carboxylic acids is 1. The highest BCUT2D eigenvalue weighted by Gasteiger charge is 2.30. The lowest BCUT2D eigenvalue weighted by atomic mass is 10.2. The molecule has 1 saturated heterocycles. The van der Waals surface area contributed by atoms with Crippen molar-refractivity contribution in [2.75, 3.05) is 20.0 Å². The highest BCUT2D eigenvalue weighted by Crippen LogP contribution is 2.37. The standard InChI is InChI=1S/C12H15NO4S/c1-16-9-4-3-7(5-10(9)17-2)11-13-8(6-18-11)12(14)15/h3-5,8,11,13H,6H2,1-2H3,(H,14,15)/t8-,11?/m0/s1. The molecule has 0 amide bonds. The second kappa shape index (κ2) is 5.49. The van der Waals surface area contributed by atoms with Gasteiger partial charge in [-0.05, 0) is 17.7 Å². The Morgan fingerprint density at radius 3 is 2.67 bits per heavy atom. The second-order valence-electron chi connectivity index (χ2n) is 3.89. The van der Waals surface area contributed by atoms with Crippen LogP contribution in [0.15, 0.2) is 18.2 Å². The van der Waals surface area contributed by atoms with Crippen molar-refractivity contribution in [1.29, 1.82) is 0 Å². The van der Waals surface area contributed by atoms with Crippen LogP contribution in [0.4, 0.5) is 0 Å². The van der Waals surface area contributed by atoms with E-state index in [0.29, 0.717) is 17.3 Å². The zero-order chi connectivity index (χ0) is 13.1. The molecule has 1 aliphatic heterocycles. The van der Waals surface area contributed by atoms with Gasteiger partial charge in [-0.2, -0.15) is 0 Å². The molecule has 2 N–H and O–H groups in total. The molecule has 1 unspecified atom stereocenters. The van der Waals surface area contributed by atoms with Gasteiger partial charge in [0, 0.05) is 5.75 Å². The Morgan fingerprint density at radius 1 is 1.39 bits per heavy atom. The van der Waals surface area contributed by atoms with Crippen LogP contribution >= 0.6 is 11.8 Å². The second-order valence-corrected chi connectivity index (χ2v) is 5.02. The molecule has 0 spiro atoms. The van der Waals surface area contributed by atoms with Crippen LogP contribution in [0.1, 0.15) is 10.9 Å². The minimum atomic E-state index is -0.814. The van der Waals surface area contributed by atoms with Gasteiger partial charge in [0.2, 0.25) is 0 Å². The number of carboxylic acid groups (broad SMARTS) is 1. The van der Waals surface area contributed by atoms with Crippen molar-refractivity contribution in [3.8, 4) is 11.5 Å². The van der Waals surface area contributed by atoms with E-state index in [9.17, 15) is 4.79 Å². The van der Waals surface area contributed by atoms with E-state index >= 15 is 0 Å². The monoisotopic (exact) mass is 269 g/mol. The maximum absolute atomic E-state index is 10.9. The van der Waals surface area contributed by atoms with Gasteiger partial charge in [-0.25, -0.2) is 0 Å². The Labute approximate surface area is 109 Å². The number of benzene rings is 1. The summed E-state index contributed by atoms with van der Waals surface area (Å²) in [5.74, 6) is 1.06. The first-order valence-corrected chi connectivity index (χ1v) is 6.53. The summed E-state index contributed by atoms with van der Waals surface area (Å²) in [6.45, 7) is 0. The average Bonchev–Trinajstić information content (AvgIpc) is 2.87. The molecule has 0 saturated carbocycles. The summed E-state index contributed by atoms with van der Waals surface area (Å²) >= 11 is 1.58. The molecule has 1 aromatic carbocycles. The predicted octanol–water partition coefficient (Wildman–Crippen LogP) is 1.49. The lowest BCUT2D eigenvalue weighted by Crippen LogP contribution is -2.33. The van der Waals surface area contributed by atoms with E-state index < -0.39 is 12.0 Å². The van der Waals surface area contributed by atoms with E-state index in [2.05, 4.69) is 5.32 Å². The lowest BCUT2D eigenvalue weighted by molar-refractivity contribution is -0.138. The van der Waals surface area contributed by atoms with E-state index in [1.54, 1.807) is 26.0 Å². The van der Waals surface area contributed by atoms with Crippen LogP contribution in [0.5, 0.6) is 11.5 Å². The highest BCUT2D eigenvalue weighted by atomic mass is 32.2. The van der Waals surface area contributed by atoms with Crippen LogP contribution in [-0.4, -0.2) is 37.1 Å². The highest BCUT2D eigenvalue weighted by molar-refractivity contribution is 7.99. The van der Waals surface area contributed by atoms with Crippen molar-refractivity contribution < 1.29 is 19.4 Å². The maximum atomic E-state index is 10.9. The molecular weight excluding hydrogens is 254 g/mol. The summed E-state index contributed by atoms with van der Waals surface area (Å²) in [7, 11) is 3.16. The molecular formula is C12H15NO4S. The van der Waals surface area contributed by atoms with Gasteiger partial charge in [-0.15, -0.1) is 11.8 Å². The van der Waals surface area contributed by atoms with Gasteiger partial charge in [0.1, 0.15) is 6.04 Å². The Bertz CT molecular complexity index is 452. The number of hydrogen-bond donors (Lipinski definition) is 2. The van der Waals surface area contributed by atoms with Crippen LogP contribution in [0, 0.1) is 0 Å². The van der Waals surface area contributed by atoms with Crippen molar-refractivity contribution in [2.45, 2.75) is 11.4 Å². The molecule has 2 rings (SSSR count). The topological polar surface area (TPSA) is 67.8 Å². The SMILES string of the molecule is COc1ccc(C2N[C@H](C(=O)O)CS2)cc1OC. The largest absolute Gasteiger partial charge is 0.493 e. The molecule has 0 radical (unpaired) electrons. The molecule has 1 heterocycles. The van der Waals surface area contributed by atoms with Gasteiger partial charge in [0.25, 0.3) is 0 Å². The summed E-state index contributed by atoms with van der Waals surface area (Å²) < 4.78 is 10.4. The number of rotatable bonds is 4.